The Bertz CT molecular complexity index is 1590. The molecule has 1 aliphatic heterocycles. The van der Waals surface area contributed by atoms with E-state index in [0.717, 1.165) is 11.3 Å². The minimum atomic E-state index is -1.88. The molecule has 0 radical (unpaired) electrons. The molecule has 45 heavy (non-hydrogen) atoms. The molecule has 0 aliphatic carbocycles. The van der Waals surface area contributed by atoms with E-state index in [1.165, 1.54) is 0 Å². The number of aromatic nitrogens is 3. The van der Waals surface area contributed by atoms with Crippen molar-refractivity contribution in [3.05, 3.63) is 88.9 Å². The second kappa shape index (κ2) is 14.9. The van der Waals surface area contributed by atoms with E-state index in [-0.39, 0.29) is 13.0 Å². The number of imide groups is 2. The van der Waals surface area contributed by atoms with E-state index < -0.39 is 66.7 Å². The molecular formula is C31H32FN5O8. The fourth-order valence-corrected chi connectivity index (χ4v) is 4.89. The van der Waals surface area contributed by atoms with Gasteiger partial charge in [-0.1, -0.05) is 47.7 Å². The zero-order valence-electron chi connectivity index (χ0n) is 24.2. The number of hydrogen-bond donors (Lipinski definition) is 3. The molecule has 0 unspecified atom stereocenters. The number of aliphatic hydroxyl groups excluding tert-OH is 1. The maximum Gasteiger partial charge on any atom is 0.335 e. The number of urea groups is 1. The third kappa shape index (κ3) is 7.96. The van der Waals surface area contributed by atoms with Crippen LogP contribution in [0.5, 0.6) is 0 Å². The van der Waals surface area contributed by atoms with Crippen LogP contribution in [0.4, 0.5) is 9.18 Å². The number of alkyl halides is 1. The number of rotatable bonds is 15. The normalized spacial score (nSPS) is 15.4. The number of carbonyl (C=O) groups is 5. The summed E-state index contributed by atoms with van der Waals surface area (Å²) in [7, 11) is 0. The molecule has 3 N–H and O–H groups in total. The molecule has 2 heterocycles. The average molecular weight is 622 g/mol. The van der Waals surface area contributed by atoms with Crippen molar-refractivity contribution in [3.63, 3.8) is 0 Å². The van der Waals surface area contributed by atoms with Crippen LogP contribution < -0.4 is 0 Å². The number of aliphatic hydroxyl groups is 1. The number of aliphatic carboxylic acids is 2. The number of amides is 4. The van der Waals surface area contributed by atoms with Gasteiger partial charge < -0.3 is 15.3 Å². The molecule has 0 spiro atoms. The Morgan fingerprint density at radius 1 is 0.844 bits per heavy atom. The molecule has 4 amide bonds. The van der Waals surface area contributed by atoms with Crippen LogP contribution in [0, 0.1) is 0 Å². The van der Waals surface area contributed by atoms with Gasteiger partial charge in [-0.3, -0.25) is 23.7 Å². The van der Waals surface area contributed by atoms with E-state index in [0.29, 0.717) is 46.7 Å². The van der Waals surface area contributed by atoms with Crippen LogP contribution in [0.2, 0.25) is 0 Å². The second-order valence-corrected chi connectivity index (χ2v) is 10.4. The van der Waals surface area contributed by atoms with Crippen LogP contribution in [0.15, 0.2) is 72.1 Å². The summed E-state index contributed by atoms with van der Waals surface area (Å²) in [5.41, 5.74) is 2.05. The number of nitrogens with zero attached hydrogens (tertiary/aromatic N) is 5. The molecule has 4 rings (SSSR count). The van der Waals surface area contributed by atoms with Gasteiger partial charge in [-0.25, -0.2) is 19.2 Å². The lowest BCUT2D eigenvalue weighted by molar-refractivity contribution is -0.151. The van der Waals surface area contributed by atoms with E-state index in [1.807, 2.05) is 24.3 Å². The summed E-state index contributed by atoms with van der Waals surface area (Å²) in [5, 5.41) is 37.9. The summed E-state index contributed by atoms with van der Waals surface area (Å²) in [5.74, 6) is -5.94. The summed E-state index contributed by atoms with van der Waals surface area (Å²) in [6.07, 6.45) is 1.92. The number of carboxylic acids is 2. The van der Waals surface area contributed by atoms with Crippen LogP contribution in [0.25, 0.3) is 5.69 Å². The molecule has 13 nitrogen and oxygen atoms in total. The number of halogens is 1. The number of barbiturate groups is 1. The topological polar surface area (TPSA) is 183 Å². The largest absolute Gasteiger partial charge is 0.511 e. The van der Waals surface area contributed by atoms with E-state index in [1.54, 1.807) is 41.2 Å². The quantitative estimate of drug-likeness (QED) is 0.129. The van der Waals surface area contributed by atoms with E-state index >= 15 is 0 Å². The van der Waals surface area contributed by atoms with Gasteiger partial charge in [-0.2, -0.15) is 0 Å². The molecule has 1 aromatic heterocycles. The highest BCUT2D eigenvalue weighted by Crippen LogP contribution is 2.27. The van der Waals surface area contributed by atoms with Crippen LogP contribution in [-0.2, 0) is 38.6 Å². The minimum absolute atomic E-state index is 0.135. The first-order chi connectivity index (χ1) is 21.6. The second-order valence-electron chi connectivity index (χ2n) is 10.4. The smallest absolute Gasteiger partial charge is 0.335 e. The van der Waals surface area contributed by atoms with E-state index in [2.05, 4.69) is 10.3 Å². The summed E-state index contributed by atoms with van der Waals surface area (Å²) >= 11 is 0. The van der Waals surface area contributed by atoms with Crippen LogP contribution >= 0.6 is 0 Å². The number of hydrogen-bond acceptors (Lipinski definition) is 8. The molecule has 1 atom stereocenters. The van der Waals surface area contributed by atoms with Crippen molar-refractivity contribution >= 4 is 29.8 Å². The first kappa shape index (κ1) is 32.5. The highest BCUT2D eigenvalue weighted by atomic mass is 19.1. The molecule has 1 aliphatic rings. The van der Waals surface area contributed by atoms with Crippen molar-refractivity contribution in [2.45, 2.75) is 57.5 Å². The number of carboxylic acid groups (broad SMARTS) is 2. The molecular weight excluding hydrogens is 589 g/mol. The van der Waals surface area contributed by atoms with E-state index in [4.69, 9.17) is 5.11 Å². The summed E-state index contributed by atoms with van der Waals surface area (Å²) < 4.78 is 14.0. The zero-order valence-corrected chi connectivity index (χ0v) is 24.2. The fraction of sp³-hybridized carbons (Fsp3) is 0.323. The molecule has 1 fully saturated rings. The third-order valence-electron chi connectivity index (χ3n) is 7.22. The van der Waals surface area contributed by atoms with Gasteiger partial charge in [-0.15, -0.1) is 5.10 Å². The first-order valence-electron chi connectivity index (χ1n) is 14.3. The molecule has 3 aromatic rings. The lowest BCUT2D eigenvalue weighted by Gasteiger charge is -2.37. The van der Waals surface area contributed by atoms with Gasteiger partial charge in [0.25, 0.3) is 11.8 Å². The number of aryl methyl sites for hydroxylation is 2. The number of benzene rings is 2. The van der Waals surface area contributed by atoms with Gasteiger partial charge in [0, 0.05) is 12.8 Å². The molecule has 2 aromatic carbocycles. The molecule has 0 saturated carbocycles. The predicted molar refractivity (Wildman–Crippen MR) is 156 cm³/mol. The van der Waals surface area contributed by atoms with Crippen molar-refractivity contribution in [1.29, 1.82) is 0 Å². The first-order valence-corrected chi connectivity index (χ1v) is 14.3. The zero-order chi connectivity index (χ0) is 32.5. The molecule has 14 heteroatoms. The molecule has 0 bridgehead atoms. The molecule has 1 saturated heterocycles. The van der Waals surface area contributed by atoms with Gasteiger partial charge in [0.15, 0.2) is 0 Å². The van der Waals surface area contributed by atoms with Gasteiger partial charge in [0.1, 0.15) is 17.4 Å². The Labute approximate surface area is 257 Å². The fourth-order valence-electron chi connectivity index (χ4n) is 4.89. The minimum Gasteiger partial charge on any atom is -0.511 e. The molecule has 236 valence electrons. The van der Waals surface area contributed by atoms with Gasteiger partial charge in [-0.05, 0) is 55.4 Å². The Morgan fingerprint density at radius 2 is 1.56 bits per heavy atom. The highest BCUT2D eigenvalue weighted by Gasteiger charge is 2.48. The standard InChI is InChI=1S/C31H32FN5O8/c32-17-5-9-22-19-36(34-33-22)23-13-11-20(12-14-23)8-4-10-25(38)27-28(41)35(18-21-6-2-1-3-7-21)31(45)37(29(27)42)24(30(43)44)15-16-26(39)40/h1-3,6-7,11-14,19,24,38H,4-5,8-10,15-18H2,(H,39,40)(H,43,44)/b27-25-/t24-/m0/s1. The maximum absolute atomic E-state index is 13.4. The summed E-state index contributed by atoms with van der Waals surface area (Å²) in [6.45, 7) is -0.742. The Kier molecular flexibility index (Phi) is 10.7. The summed E-state index contributed by atoms with van der Waals surface area (Å²) in [6, 6.07) is 12.5. The summed E-state index contributed by atoms with van der Waals surface area (Å²) in [4.78, 5) is 64.5. The Balaban J connectivity index is 1.52. The Hall–Kier alpha value is -5.40. The van der Waals surface area contributed by atoms with Crippen molar-refractivity contribution in [3.8, 4) is 5.69 Å². The lowest BCUT2D eigenvalue weighted by atomic mass is 10.0. The van der Waals surface area contributed by atoms with Gasteiger partial charge >= 0.3 is 18.0 Å². The third-order valence-corrected chi connectivity index (χ3v) is 7.22. The van der Waals surface area contributed by atoms with Crippen LogP contribution in [-0.4, -0.2) is 82.6 Å². The predicted octanol–water partition coefficient (Wildman–Crippen LogP) is 3.61. The van der Waals surface area contributed by atoms with Crippen LogP contribution in [0.3, 0.4) is 0 Å². The van der Waals surface area contributed by atoms with Crippen molar-refractivity contribution in [2.75, 3.05) is 6.67 Å². The SMILES string of the molecule is O=C(O)CC[C@@H](C(=O)O)N1C(=O)/C(=C(\O)CCCc2ccc(-n3cc(CCCF)nn3)cc2)C(=O)N(Cc2ccccc2)C1=O. The van der Waals surface area contributed by atoms with Crippen molar-refractivity contribution < 1.29 is 43.7 Å². The van der Waals surface area contributed by atoms with Crippen molar-refractivity contribution in [2.24, 2.45) is 0 Å². The number of carbonyl (C=O) groups excluding carboxylic acids is 3. The monoisotopic (exact) mass is 621 g/mol. The van der Waals surface area contributed by atoms with Gasteiger partial charge in [0.2, 0.25) is 0 Å². The van der Waals surface area contributed by atoms with E-state index in [9.17, 15) is 38.6 Å². The maximum atomic E-state index is 13.4. The highest BCUT2D eigenvalue weighted by molar-refractivity contribution is 6.29. The van der Waals surface area contributed by atoms with Crippen molar-refractivity contribution in [1.82, 2.24) is 24.8 Å². The van der Waals surface area contributed by atoms with Gasteiger partial charge in [0.05, 0.1) is 30.8 Å². The lowest BCUT2D eigenvalue weighted by Crippen LogP contribution is -2.61. The number of allylic oxidation sites excluding steroid dienone is 1. The Morgan fingerprint density at radius 3 is 2.20 bits per heavy atom. The van der Waals surface area contributed by atoms with Crippen LogP contribution in [0.1, 0.15) is 48.9 Å². The average Bonchev–Trinajstić information content (AvgIpc) is 3.49.